The summed E-state index contributed by atoms with van der Waals surface area (Å²) >= 11 is 0. The highest BCUT2D eigenvalue weighted by Crippen LogP contribution is 2.35. The minimum atomic E-state index is -4.37. The number of nitrogens with one attached hydrogen (secondary N) is 1. The summed E-state index contributed by atoms with van der Waals surface area (Å²) in [5.74, 6) is 0.161. The van der Waals surface area contributed by atoms with E-state index in [4.69, 9.17) is 0 Å². The highest BCUT2D eigenvalue weighted by atomic mass is 19.4. The van der Waals surface area contributed by atoms with E-state index >= 15 is 0 Å². The maximum absolute atomic E-state index is 12.5. The van der Waals surface area contributed by atoms with Crippen LogP contribution < -0.4 is 5.32 Å². The molecule has 3 nitrogen and oxygen atoms in total. The van der Waals surface area contributed by atoms with Gasteiger partial charge in [0.2, 0.25) is 0 Å². The molecule has 6 heteroatoms. The van der Waals surface area contributed by atoms with Crippen LogP contribution in [0.4, 0.5) is 19.0 Å². The molecular formula is C11H13F3N2O. The van der Waals surface area contributed by atoms with Gasteiger partial charge in [0.25, 0.3) is 0 Å². The third-order valence-corrected chi connectivity index (χ3v) is 3.09. The van der Waals surface area contributed by atoms with Gasteiger partial charge in [0, 0.05) is 6.20 Å². The molecule has 94 valence electrons. The topological polar surface area (TPSA) is 45.1 Å². The van der Waals surface area contributed by atoms with Gasteiger partial charge in [-0.25, -0.2) is 4.98 Å². The number of hydrogen-bond donors (Lipinski definition) is 2. The Kier molecular flexibility index (Phi) is 2.99. The van der Waals surface area contributed by atoms with Gasteiger partial charge in [-0.15, -0.1) is 0 Å². The summed E-state index contributed by atoms with van der Waals surface area (Å²) in [5, 5.41) is 12.1. The molecule has 0 aliphatic heterocycles. The molecule has 1 aliphatic rings. The van der Waals surface area contributed by atoms with E-state index in [0.717, 1.165) is 37.6 Å². The molecule has 1 heterocycles. The number of rotatable bonds is 3. The minimum absolute atomic E-state index is 0.0923. The highest BCUT2D eigenvalue weighted by Gasteiger charge is 2.37. The number of aromatic nitrogens is 1. The number of aliphatic hydroxyl groups excluding tert-OH is 1. The van der Waals surface area contributed by atoms with Crippen LogP contribution in [0.5, 0.6) is 0 Å². The summed E-state index contributed by atoms with van der Waals surface area (Å²) < 4.78 is 37.4. The lowest BCUT2D eigenvalue weighted by Gasteiger charge is -2.41. The third-order valence-electron chi connectivity index (χ3n) is 3.09. The Labute approximate surface area is 96.7 Å². The van der Waals surface area contributed by atoms with Crippen LogP contribution in [-0.4, -0.2) is 22.2 Å². The molecule has 0 saturated heterocycles. The van der Waals surface area contributed by atoms with Gasteiger partial charge in [-0.1, -0.05) is 0 Å². The molecule has 1 fully saturated rings. The van der Waals surface area contributed by atoms with Crippen LogP contribution in [0.1, 0.15) is 24.8 Å². The van der Waals surface area contributed by atoms with Gasteiger partial charge in [-0.2, -0.15) is 13.2 Å². The van der Waals surface area contributed by atoms with Crippen LogP contribution in [0, 0.1) is 0 Å². The van der Waals surface area contributed by atoms with Crippen LogP contribution in [0.25, 0.3) is 0 Å². The summed E-state index contributed by atoms with van der Waals surface area (Å²) in [5.41, 5.74) is -1.22. The van der Waals surface area contributed by atoms with Crippen molar-refractivity contribution in [1.29, 1.82) is 0 Å². The number of hydrogen-bond acceptors (Lipinski definition) is 3. The summed E-state index contributed by atoms with van der Waals surface area (Å²) in [6, 6.07) is 1.90. The fraction of sp³-hybridized carbons (Fsp3) is 0.545. The van der Waals surface area contributed by atoms with E-state index in [-0.39, 0.29) is 12.4 Å². The predicted molar refractivity (Wildman–Crippen MR) is 56.5 cm³/mol. The second kappa shape index (κ2) is 4.18. The predicted octanol–water partition coefficient (Wildman–Crippen LogP) is 2.43. The molecule has 17 heavy (non-hydrogen) atoms. The standard InChI is InChI=1S/C11H13F3N2O/c12-11(13,14)8-2-5-15-9(6-8)16-10(7-17)3-1-4-10/h2,5-6,17H,1,3-4,7H2,(H,15,16). The molecular weight excluding hydrogens is 233 g/mol. The molecule has 0 spiro atoms. The monoisotopic (exact) mass is 246 g/mol. The Morgan fingerprint density at radius 3 is 2.59 bits per heavy atom. The fourth-order valence-electron chi connectivity index (χ4n) is 1.87. The van der Waals surface area contributed by atoms with E-state index in [0.29, 0.717) is 0 Å². The molecule has 1 aliphatic carbocycles. The van der Waals surface area contributed by atoms with Crippen molar-refractivity contribution in [2.75, 3.05) is 11.9 Å². The first kappa shape index (κ1) is 12.2. The normalized spacial score (nSPS) is 18.6. The molecule has 1 saturated carbocycles. The molecule has 0 unspecified atom stereocenters. The number of nitrogens with zero attached hydrogens (tertiary/aromatic N) is 1. The summed E-state index contributed by atoms with van der Waals surface area (Å²) in [7, 11) is 0. The molecule has 0 bridgehead atoms. The second-order valence-corrected chi connectivity index (χ2v) is 4.34. The molecule has 0 atom stereocenters. The number of aliphatic hydroxyl groups is 1. The Morgan fingerprint density at radius 2 is 2.12 bits per heavy atom. The lowest BCUT2D eigenvalue weighted by molar-refractivity contribution is -0.137. The maximum atomic E-state index is 12.5. The molecule has 2 rings (SSSR count). The van der Waals surface area contributed by atoms with E-state index in [1.807, 2.05) is 0 Å². The zero-order valence-electron chi connectivity index (χ0n) is 9.09. The van der Waals surface area contributed by atoms with Gasteiger partial charge < -0.3 is 10.4 Å². The Morgan fingerprint density at radius 1 is 1.41 bits per heavy atom. The average molecular weight is 246 g/mol. The molecule has 2 N–H and O–H groups in total. The summed E-state index contributed by atoms with van der Waals surface area (Å²) in [6.07, 6.45) is -0.782. The first-order valence-electron chi connectivity index (χ1n) is 5.37. The van der Waals surface area contributed by atoms with Gasteiger partial charge >= 0.3 is 6.18 Å². The first-order chi connectivity index (χ1) is 7.95. The maximum Gasteiger partial charge on any atom is 0.416 e. The van der Waals surface area contributed by atoms with Crippen LogP contribution in [0.3, 0.4) is 0 Å². The van der Waals surface area contributed by atoms with Crippen molar-refractivity contribution < 1.29 is 18.3 Å². The van der Waals surface area contributed by atoms with Gasteiger partial charge in [-0.05, 0) is 31.4 Å². The van der Waals surface area contributed by atoms with Crippen molar-refractivity contribution in [3.63, 3.8) is 0 Å². The van der Waals surface area contributed by atoms with Crippen molar-refractivity contribution in [3.05, 3.63) is 23.9 Å². The Hall–Kier alpha value is -1.30. The van der Waals surface area contributed by atoms with E-state index in [1.165, 1.54) is 0 Å². The number of anilines is 1. The SMILES string of the molecule is OCC1(Nc2cc(C(F)(F)F)ccn2)CCC1. The van der Waals surface area contributed by atoms with Crippen LogP contribution in [0.2, 0.25) is 0 Å². The van der Waals surface area contributed by atoms with Gasteiger partial charge in [0.15, 0.2) is 0 Å². The smallest absolute Gasteiger partial charge is 0.394 e. The Balaban J connectivity index is 2.17. The van der Waals surface area contributed by atoms with Crippen LogP contribution in [0.15, 0.2) is 18.3 Å². The molecule has 1 aromatic rings. The second-order valence-electron chi connectivity index (χ2n) is 4.34. The van der Waals surface area contributed by atoms with Crippen molar-refractivity contribution in [3.8, 4) is 0 Å². The minimum Gasteiger partial charge on any atom is -0.394 e. The molecule has 1 aromatic heterocycles. The third kappa shape index (κ3) is 2.52. The van der Waals surface area contributed by atoms with Crippen molar-refractivity contribution in [2.24, 2.45) is 0 Å². The fourth-order valence-corrected chi connectivity index (χ4v) is 1.87. The lowest BCUT2D eigenvalue weighted by Crippen LogP contribution is -2.48. The van der Waals surface area contributed by atoms with E-state index in [1.54, 1.807) is 0 Å². The molecule has 0 aromatic carbocycles. The van der Waals surface area contributed by atoms with E-state index < -0.39 is 17.3 Å². The highest BCUT2D eigenvalue weighted by molar-refractivity contribution is 5.42. The first-order valence-corrected chi connectivity index (χ1v) is 5.37. The van der Waals surface area contributed by atoms with Crippen molar-refractivity contribution in [1.82, 2.24) is 4.98 Å². The number of alkyl halides is 3. The number of pyridine rings is 1. The van der Waals surface area contributed by atoms with Crippen LogP contribution in [-0.2, 0) is 6.18 Å². The average Bonchev–Trinajstić information content (AvgIpc) is 2.23. The van der Waals surface area contributed by atoms with Gasteiger partial charge in [0.05, 0.1) is 17.7 Å². The van der Waals surface area contributed by atoms with Gasteiger partial charge in [-0.3, -0.25) is 0 Å². The zero-order chi connectivity index (χ0) is 12.5. The van der Waals surface area contributed by atoms with Gasteiger partial charge in [0.1, 0.15) is 5.82 Å². The van der Waals surface area contributed by atoms with E-state index in [9.17, 15) is 18.3 Å². The largest absolute Gasteiger partial charge is 0.416 e. The number of halogens is 3. The van der Waals surface area contributed by atoms with E-state index in [2.05, 4.69) is 10.3 Å². The van der Waals surface area contributed by atoms with Crippen molar-refractivity contribution >= 4 is 5.82 Å². The summed E-state index contributed by atoms with van der Waals surface area (Å²) in [6.45, 7) is -0.0923. The quantitative estimate of drug-likeness (QED) is 0.861. The van der Waals surface area contributed by atoms with Crippen molar-refractivity contribution in [2.45, 2.75) is 31.0 Å². The lowest BCUT2D eigenvalue weighted by atomic mass is 9.77. The van der Waals surface area contributed by atoms with Crippen LogP contribution >= 0.6 is 0 Å². The summed E-state index contributed by atoms with van der Waals surface area (Å²) in [4.78, 5) is 3.85. The Bertz CT molecular complexity index is 396. The molecule has 0 amide bonds. The molecule has 0 radical (unpaired) electrons. The zero-order valence-corrected chi connectivity index (χ0v) is 9.09.